The van der Waals surface area contributed by atoms with Crippen LogP contribution in [0.1, 0.15) is 11.1 Å². The summed E-state index contributed by atoms with van der Waals surface area (Å²) in [4.78, 5) is 37.1. The molecule has 0 atom stereocenters. The summed E-state index contributed by atoms with van der Waals surface area (Å²) in [7, 11) is 0. The van der Waals surface area contributed by atoms with Gasteiger partial charge in [-0.05, 0) is 61.4 Å². The molecule has 3 aromatic rings. The second-order valence-electron chi connectivity index (χ2n) is 6.31. The van der Waals surface area contributed by atoms with Gasteiger partial charge < -0.3 is 5.32 Å². The van der Waals surface area contributed by atoms with Crippen LogP contribution in [0.2, 0.25) is 0 Å². The van der Waals surface area contributed by atoms with Gasteiger partial charge >= 0.3 is 11.1 Å². The molecule has 138 valence electrons. The van der Waals surface area contributed by atoms with Gasteiger partial charge in [0.1, 0.15) is 6.54 Å². The van der Waals surface area contributed by atoms with E-state index in [2.05, 4.69) is 21.2 Å². The SMILES string of the molecule is Cc1cc(C)cc(-n2ccn(CC(=O)Nc3ccc(Br)cc3)c(=O)c2=O)c1. The lowest BCUT2D eigenvalue weighted by atomic mass is 10.1. The molecule has 27 heavy (non-hydrogen) atoms. The van der Waals surface area contributed by atoms with E-state index in [9.17, 15) is 14.4 Å². The summed E-state index contributed by atoms with van der Waals surface area (Å²) in [5, 5.41) is 2.70. The van der Waals surface area contributed by atoms with Crippen LogP contribution < -0.4 is 16.4 Å². The van der Waals surface area contributed by atoms with Gasteiger partial charge in [-0.1, -0.05) is 22.0 Å². The summed E-state index contributed by atoms with van der Waals surface area (Å²) in [5.41, 5.74) is 1.78. The lowest BCUT2D eigenvalue weighted by molar-refractivity contribution is -0.116. The average molecular weight is 428 g/mol. The second kappa shape index (κ2) is 7.75. The minimum absolute atomic E-state index is 0.238. The van der Waals surface area contributed by atoms with Crippen molar-refractivity contribution in [1.29, 1.82) is 0 Å². The van der Waals surface area contributed by atoms with Crippen LogP contribution in [0.15, 0.2) is 68.9 Å². The topological polar surface area (TPSA) is 73.1 Å². The number of carbonyl (C=O) groups is 1. The number of rotatable bonds is 4. The first-order valence-electron chi connectivity index (χ1n) is 8.30. The molecule has 0 fully saturated rings. The largest absolute Gasteiger partial charge is 0.325 e. The minimum Gasteiger partial charge on any atom is -0.325 e. The van der Waals surface area contributed by atoms with Crippen LogP contribution in [0.5, 0.6) is 0 Å². The third-order valence-corrected chi connectivity index (χ3v) is 4.51. The number of anilines is 1. The predicted molar refractivity (Wildman–Crippen MR) is 109 cm³/mol. The summed E-state index contributed by atoms with van der Waals surface area (Å²) in [5.74, 6) is -0.386. The van der Waals surface area contributed by atoms with Gasteiger partial charge in [0.25, 0.3) is 0 Å². The number of carbonyl (C=O) groups excluding carboxylic acids is 1. The van der Waals surface area contributed by atoms with E-state index < -0.39 is 11.1 Å². The average Bonchev–Trinajstić information content (AvgIpc) is 2.60. The minimum atomic E-state index is -0.748. The number of nitrogens with one attached hydrogen (secondary N) is 1. The first kappa shape index (κ1) is 18.8. The fourth-order valence-electron chi connectivity index (χ4n) is 2.81. The highest BCUT2D eigenvalue weighted by Crippen LogP contribution is 2.14. The Morgan fingerprint density at radius 1 is 0.963 bits per heavy atom. The Bertz CT molecular complexity index is 1090. The number of halogens is 1. The van der Waals surface area contributed by atoms with Crippen LogP contribution in [0.25, 0.3) is 5.69 Å². The van der Waals surface area contributed by atoms with Crippen molar-refractivity contribution in [3.63, 3.8) is 0 Å². The summed E-state index contributed by atoms with van der Waals surface area (Å²) < 4.78 is 3.30. The number of amides is 1. The monoisotopic (exact) mass is 427 g/mol. The molecule has 0 saturated heterocycles. The molecule has 0 saturated carbocycles. The molecule has 0 aliphatic carbocycles. The van der Waals surface area contributed by atoms with Crippen molar-refractivity contribution < 1.29 is 4.79 Å². The van der Waals surface area contributed by atoms with Crippen LogP contribution in [-0.4, -0.2) is 15.0 Å². The highest BCUT2D eigenvalue weighted by molar-refractivity contribution is 9.10. The van der Waals surface area contributed by atoms with Gasteiger partial charge in [-0.2, -0.15) is 0 Å². The lowest BCUT2D eigenvalue weighted by Crippen LogP contribution is -2.41. The lowest BCUT2D eigenvalue weighted by Gasteiger charge is -2.11. The highest BCUT2D eigenvalue weighted by Gasteiger charge is 2.11. The summed E-state index contributed by atoms with van der Waals surface area (Å²) in [6.07, 6.45) is 2.95. The number of benzene rings is 2. The van der Waals surface area contributed by atoms with E-state index in [1.807, 2.05) is 32.0 Å². The van der Waals surface area contributed by atoms with Crippen molar-refractivity contribution >= 4 is 27.5 Å². The molecular weight excluding hydrogens is 410 g/mol. The van der Waals surface area contributed by atoms with Crippen molar-refractivity contribution in [3.05, 3.63) is 91.2 Å². The third kappa shape index (κ3) is 4.43. The maximum absolute atomic E-state index is 12.5. The third-order valence-electron chi connectivity index (χ3n) is 3.98. The number of aryl methyl sites for hydroxylation is 2. The number of aromatic nitrogens is 2. The molecule has 6 nitrogen and oxygen atoms in total. The Kier molecular flexibility index (Phi) is 5.41. The Hall–Kier alpha value is -2.93. The molecule has 1 heterocycles. The zero-order valence-electron chi connectivity index (χ0n) is 14.9. The smallest absolute Gasteiger partial charge is 0.320 e. The van der Waals surface area contributed by atoms with Gasteiger partial charge in [-0.25, -0.2) is 0 Å². The number of hydrogen-bond acceptors (Lipinski definition) is 3. The Balaban J connectivity index is 1.84. The predicted octanol–water partition coefficient (Wildman–Crippen LogP) is 3.02. The maximum atomic E-state index is 12.5. The van der Waals surface area contributed by atoms with Gasteiger partial charge in [0.2, 0.25) is 5.91 Å². The summed E-state index contributed by atoms with van der Waals surface area (Å²) in [6, 6.07) is 12.7. The first-order chi connectivity index (χ1) is 12.8. The number of nitrogens with zero attached hydrogens (tertiary/aromatic N) is 2. The van der Waals surface area contributed by atoms with Crippen LogP contribution in [0.4, 0.5) is 5.69 Å². The van der Waals surface area contributed by atoms with Gasteiger partial charge in [-0.15, -0.1) is 0 Å². The summed E-state index contributed by atoms with van der Waals surface area (Å²) in [6.45, 7) is 3.61. The zero-order chi connectivity index (χ0) is 19.6. The Labute approximate surface area is 164 Å². The molecule has 7 heteroatoms. The van der Waals surface area contributed by atoms with Crippen molar-refractivity contribution in [2.45, 2.75) is 20.4 Å². The zero-order valence-corrected chi connectivity index (χ0v) is 16.5. The van der Waals surface area contributed by atoms with Crippen LogP contribution in [0.3, 0.4) is 0 Å². The van der Waals surface area contributed by atoms with Crippen molar-refractivity contribution in [1.82, 2.24) is 9.13 Å². The van der Waals surface area contributed by atoms with Crippen molar-refractivity contribution in [3.8, 4) is 5.69 Å². The molecule has 1 amide bonds. The molecule has 0 radical (unpaired) electrons. The summed E-state index contributed by atoms with van der Waals surface area (Å²) >= 11 is 3.32. The molecule has 2 aromatic carbocycles. The van der Waals surface area contributed by atoms with E-state index in [-0.39, 0.29) is 12.5 Å². The second-order valence-corrected chi connectivity index (χ2v) is 7.22. The standard InChI is InChI=1S/C20H18BrN3O3/c1-13-9-14(2)11-17(10-13)24-8-7-23(19(26)20(24)27)12-18(25)22-16-5-3-15(21)4-6-16/h3-11H,12H2,1-2H3,(H,22,25). The van der Waals surface area contributed by atoms with E-state index in [4.69, 9.17) is 0 Å². The molecule has 0 aliphatic heterocycles. The molecule has 0 unspecified atom stereocenters. The quantitative estimate of drug-likeness (QED) is 0.650. The van der Waals surface area contributed by atoms with Gasteiger partial charge in [0.15, 0.2) is 0 Å². The molecule has 0 aliphatic rings. The van der Waals surface area contributed by atoms with Crippen LogP contribution in [0, 0.1) is 13.8 Å². The van der Waals surface area contributed by atoms with Crippen molar-refractivity contribution in [2.24, 2.45) is 0 Å². The molecule has 1 N–H and O–H groups in total. The normalized spacial score (nSPS) is 10.6. The van der Waals surface area contributed by atoms with E-state index in [0.29, 0.717) is 11.4 Å². The van der Waals surface area contributed by atoms with Crippen LogP contribution in [-0.2, 0) is 11.3 Å². The van der Waals surface area contributed by atoms with E-state index in [0.717, 1.165) is 20.2 Å². The fraction of sp³-hybridized carbons (Fsp3) is 0.150. The van der Waals surface area contributed by atoms with Crippen molar-refractivity contribution in [2.75, 3.05) is 5.32 Å². The molecular formula is C20H18BrN3O3. The highest BCUT2D eigenvalue weighted by atomic mass is 79.9. The van der Waals surface area contributed by atoms with Crippen LogP contribution >= 0.6 is 15.9 Å². The van der Waals surface area contributed by atoms with E-state index in [1.165, 1.54) is 17.0 Å². The van der Waals surface area contributed by atoms with Gasteiger partial charge in [-0.3, -0.25) is 23.5 Å². The van der Waals surface area contributed by atoms with E-state index >= 15 is 0 Å². The number of hydrogen-bond donors (Lipinski definition) is 1. The first-order valence-corrected chi connectivity index (χ1v) is 9.09. The molecule has 1 aromatic heterocycles. The Morgan fingerprint density at radius 3 is 2.22 bits per heavy atom. The van der Waals surface area contributed by atoms with E-state index in [1.54, 1.807) is 24.3 Å². The van der Waals surface area contributed by atoms with Gasteiger partial charge in [0, 0.05) is 28.2 Å². The molecule has 0 spiro atoms. The Morgan fingerprint density at radius 2 is 1.59 bits per heavy atom. The van der Waals surface area contributed by atoms with Gasteiger partial charge in [0.05, 0.1) is 0 Å². The fourth-order valence-corrected chi connectivity index (χ4v) is 3.08. The maximum Gasteiger partial charge on any atom is 0.320 e. The molecule has 3 rings (SSSR count). The molecule has 0 bridgehead atoms.